The first-order valence-corrected chi connectivity index (χ1v) is 12.3. The lowest BCUT2D eigenvalue weighted by Gasteiger charge is -2.14. The third kappa shape index (κ3) is 4.57. The van der Waals surface area contributed by atoms with E-state index in [1.807, 2.05) is 36.4 Å². The summed E-state index contributed by atoms with van der Waals surface area (Å²) < 4.78 is 13.7. The van der Waals surface area contributed by atoms with Crippen LogP contribution in [0.5, 0.6) is 5.75 Å². The topological polar surface area (TPSA) is 107 Å². The van der Waals surface area contributed by atoms with Crippen LogP contribution in [0.15, 0.2) is 90.0 Å². The Morgan fingerprint density at radius 1 is 1.11 bits per heavy atom. The van der Waals surface area contributed by atoms with Crippen molar-refractivity contribution in [2.45, 2.75) is 13.0 Å². The number of carboxylic acids is 1. The van der Waals surface area contributed by atoms with E-state index in [1.54, 1.807) is 30.3 Å². The van der Waals surface area contributed by atoms with Crippen LogP contribution in [0.2, 0.25) is 0 Å². The van der Waals surface area contributed by atoms with E-state index in [0.29, 0.717) is 42.5 Å². The lowest BCUT2D eigenvalue weighted by atomic mass is 10.2. The Morgan fingerprint density at radius 3 is 2.53 bits per heavy atom. The summed E-state index contributed by atoms with van der Waals surface area (Å²) in [6, 6.07) is 19.8. The van der Waals surface area contributed by atoms with Gasteiger partial charge in [-0.3, -0.25) is 4.79 Å². The van der Waals surface area contributed by atoms with Gasteiger partial charge in [0.15, 0.2) is 11.9 Å². The van der Waals surface area contributed by atoms with Crippen molar-refractivity contribution in [3.05, 3.63) is 91.6 Å². The molecule has 0 spiro atoms. The summed E-state index contributed by atoms with van der Waals surface area (Å²) in [6.45, 7) is 1.44. The average molecular weight is 611 g/mol. The molecular weight excluding hydrogens is 594 g/mol. The molecule has 5 rings (SSSR count). The first kappa shape index (κ1) is 24.0. The molecular formula is C26H17Br2N3O5. The highest BCUT2D eigenvalue weighted by Gasteiger charge is 2.18. The van der Waals surface area contributed by atoms with Gasteiger partial charge in [-0.1, -0.05) is 30.3 Å². The van der Waals surface area contributed by atoms with Crippen LogP contribution in [-0.2, 0) is 4.79 Å². The highest BCUT2D eigenvalue weighted by molar-refractivity contribution is 9.11. The predicted octanol–water partition coefficient (Wildman–Crippen LogP) is 6.07. The Labute approximate surface area is 221 Å². The Kier molecular flexibility index (Phi) is 6.46. The molecule has 0 aliphatic rings. The molecule has 0 saturated carbocycles. The normalized spacial score (nSPS) is 12.4. The Hall–Kier alpha value is -3.76. The zero-order valence-electron chi connectivity index (χ0n) is 18.7. The summed E-state index contributed by atoms with van der Waals surface area (Å²) in [5, 5.41) is 14.9. The van der Waals surface area contributed by atoms with E-state index in [9.17, 15) is 9.59 Å². The molecule has 1 atom stereocenters. The maximum absolute atomic E-state index is 13.4. The van der Waals surface area contributed by atoms with Gasteiger partial charge in [0.2, 0.25) is 5.82 Å². The smallest absolute Gasteiger partial charge is 0.344 e. The molecule has 1 N–H and O–H groups in total. The number of hydrogen-bond donors (Lipinski definition) is 1. The second kappa shape index (κ2) is 9.71. The molecule has 3 aromatic carbocycles. The minimum atomic E-state index is -1.08. The Bertz CT molecular complexity index is 1670. The predicted molar refractivity (Wildman–Crippen MR) is 144 cm³/mol. The third-order valence-corrected chi connectivity index (χ3v) is 6.56. The SMILES string of the molecule is C[C@@H](Oc1c(Br)cc(C=Nn2c(-c3cc4ccccc4o3)nc3ccccc3c2=O)cc1Br)C(=O)O. The van der Waals surface area contributed by atoms with Crippen molar-refractivity contribution >= 4 is 65.9 Å². The molecule has 180 valence electrons. The van der Waals surface area contributed by atoms with Crippen molar-refractivity contribution in [2.24, 2.45) is 5.10 Å². The van der Waals surface area contributed by atoms with Gasteiger partial charge in [-0.25, -0.2) is 9.78 Å². The standard InChI is InChI=1S/C26H17Br2N3O5/c1-14(26(33)34)35-23-18(27)10-15(11-19(23)28)13-29-31-24(22-12-16-6-2-5-9-21(16)36-22)30-20-8-4-3-7-17(20)25(31)32/h2-14H,1H3,(H,33,34)/t14-/m1/s1. The molecule has 2 aromatic heterocycles. The zero-order valence-corrected chi connectivity index (χ0v) is 21.9. The fourth-order valence-corrected chi connectivity index (χ4v) is 5.01. The van der Waals surface area contributed by atoms with E-state index in [1.165, 1.54) is 17.8 Å². The maximum Gasteiger partial charge on any atom is 0.344 e. The number of halogens is 2. The quantitative estimate of drug-likeness (QED) is 0.234. The highest BCUT2D eigenvalue weighted by atomic mass is 79.9. The van der Waals surface area contributed by atoms with Gasteiger partial charge in [0.05, 0.1) is 26.1 Å². The van der Waals surface area contributed by atoms with Crippen molar-refractivity contribution in [1.29, 1.82) is 0 Å². The van der Waals surface area contributed by atoms with E-state index in [0.717, 1.165) is 5.39 Å². The summed E-state index contributed by atoms with van der Waals surface area (Å²) in [7, 11) is 0. The van der Waals surface area contributed by atoms with Gasteiger partial charge in [0.25, 0.3) is 5.56 Å². The van der Waals surface area contributed by atoms with Gasteiger partial charge in [-0.05, 0) is 80.7 Å². The van der Waals surface area contributed by atoms with Crippen LogP contribution < -0.4 is 10.3 Å². The van der Waals surface area contributed by atoms with Crippen LogP contribution in [-0.4, -0.2) is 33.1 Å². The molecule has 0 amide bonds. The molecule has 0 saturated heterocycles. The van der Waals surface area contributed by atoms with Gasteiger partial charge in [-0.15, -0.1) is 0 Å². The number of ether oxygens (including phenoxy) is 1. The summed E-state index contributed by atoms with van der Waals surface area (Å²) in [4.78, 5) is 29.2. The van der Waals surface area contributed by atoms with Crippen LogP contribution >= 0.6 is 31.9 Å². The highest BCUT2D eigenvalue weighted by Crippen LogP contribution is 2.35. The summed E-state index contributed by atoms with van der Waals surface area (Å²) >= 11 is 6.83. The number of furan rings is 1. The first-order chi connectivity index (χ1) is 17.3. The number of aromatic nitrogens is 2. The minimum Gasteiger partial charge on any atom is -0.479 e. The second-order valence-corrected chi connectivity index (χ2v) is 9.58. The maximum atomic E-state index is 13.4. The van der Waals surface area contributed by atoms with E-state index in [-0.39, 0.29) is 11.4 Å². The van der Waals surface area contributed by atoms with Crippen LogP contribution in [0.25, 0.3) is 33.5 Å². The molecule has 0 aliphatic heterocycles. The fraction of sp³-hybridized carbons (Fsp3) is 0.0769. The number of fused-ring (bicyclic) bond motifs is 2. The third-order valence-electron chi connectivity index (χ3n) is 5.38. The zero-order chi connectivity index (χ0) is 25.4. The van der Waals surface area contributed by atoms with Crippen molar-refractivity contribution in [2.75, 3.05) is 0 Å². The fourth-order valence-electron chi connectivity index (χ4n) is 3.60. The van der Waals surface area contributed by atoms with Crippen LogP contribution in [0, 0.1) is 0 Å². The van der Waals surface area contributed by atoms with Crippen molar-refractivity contribution in [1.82, 2.24) is 9.66 Å². The molecule has 0 aliphatic carbocycles. The second-order valence-electron chi connectivity index (χ2n) is 7.87. The molecule has 0 unspecified atom stereocenters. The molecule has 10 heteroatoms. The van der Waals surface area contributed by atoms with E-state index in [2.05, 4.69) is 41.9 Å². The van der Waals surface area contributed by atoms with Gasteiger partial charge >= 0.3 is 5.97 Å². The first-order valence-electron chi connectivity index (χ1n) is 10.8. The summed E-state index contributed by atoms with van der Waals surface area (Å²) in [6.07, 6.45) is 0.468. The lowest BCUT2D eigenvalue weighted by molar-refractivity contribution is -0.144. The van der Waals surface area contributed by atoms with Crippen molar-refractivity contribution < 1.29 is 19.1 Å². The van der Waals surface area contributed by atoms with Crippen LogP contribution in [0.3, 0.4) is 0 Å². The van der Waals surface area contributed by atoms with E-state index >= 15 is 0 Å². The summed E-state index contributed by atoms with van der Waals surface area (Å²) in [5.41, 5.74) is 1.48. The number of aliphatic carboxylic acids is 1. The monoisotopic (exact) mass is 609 g/mol. The molecule has 2 heterocycles. The number of rotatable bonds is 6. The molecule has 0 fully saturated rings. The Balaban J connectivity index is 1.61. The minimum absolute atomic E-state index is 0.263. The van der Waals surface area contributed by atoms with Crippen LogP contribution in [0.1, 0.15) is 12.5 Å². The molecule has 8 nitrogen and oxygen atoms in total. The van der Waals surface area contributed by atoms with Gasteiger partial charge in [0, 0.05) is 5.39 Å². The van der Waals surface area contributed by atoms with Crippen LogP contribution in [0.4, 0.5) is 0 Å². The van der Waals surface area contributed by atoms with Gasteiger partial charge in [-0.2, -0.15) is 9.78 Å². The lowest BCUT2D eigenvalue weighted by Crippen LogP contribution is -2.23. The largest absolute Gasteiger partial charge is 0.479 e. The number of hydrogen-bond acceptors (Lipinski definition) is 6. The number of carbonyl (C=O) groups is 1. The number of para-hydroxylation sites is 2. The average Bonchev–Trinajstić information content (AvgIpc) is 3.29. The van der Waals surface area contributed by atoms with E-state index < -0.39 is 12.1 Å². The molecule has 36 heavy (non-hydrogen) atoms. The Morgan fingerprint density at radius 2 is 1.81 bits per heavy atom. The number of carboxylic acid groups (broad SMARTS) is 1. The molecule has 5 aromatic rings. The van der Waals surface area contributed by atoms with Crippen molar-refractivity contribution in [3.63, 3.8) is 0 Å². The van der Waals surface area contributed by atoms with E-state index in [4.69, 9.17) is 14.3 Å². The van der Waals surface area contributed by atoms with Crippen molar-refractivity contribution in [3.8, 4) is 17.3 Å². The van der Waals surface area contributed by atoms with Gasteiger partial charge in [0.1, 0.15) is 11.3 Å². The number of benzene rings is 3. The molecule has 0 bridgehead atoms. The molecule has 0 radical (unpaired) electrons. The number of nitrogens with zero attached hydrogens (tertiary/aromatic N) is 3. The summed E-state index contributed by atoms with van der Waals surface area (Å²) in [5.74, 6) is -0.0697. The van der Waals surface area contributed by atoms with Gasteiger partial charge < -0.3 is 14.3 Å².